The lowest BCUT2D eigenvalue weighted by atomic mass is 9.84. The van der Waals surface area contributed by atoms with Gasteiger partial charge >= 0.3 is 0 Å². The summed E-state index contributed by atoms with van der Waals surface area (Å²) >= 11 is 6.50. The first-order valence-electron chi connectivity index (χ1n) is 10.5. The molecule has 1 aromatic carbocycles. The predicted molar refractivity (Wildman–Crippen MR) is 114 cm³/mol. The van der Waals surface area contributed by atoms with Crippen molar-refractivity contribution in [3.05, 3.63) is 63.5 Å². The van der Waals surface area contributed by atoms with Crippen LogP contribution in [0.1, 0.15) is 44.6 Å². The maximum Gasteiger partial charge on any atom is 0.271 e. The van der Waals surface area contributed by atoms with Crippen LogP contribution in [0.4, 0.5) is 5.69 Å². The van der Waals surface area contributed by atoms with Crippen LogP contribution in [0, 0.1) is 5.92 Å². The molecule has 2 aromatic rings. The van der Waals surface area contributed by atoms with E-state index in [1.54, 1.807) is 4.57 Å². The van der Waals surface area contributed by atoms with E-state index in [1.165, 1.54) is 18.4 Å². The first kappa shape index (κ1) is 19.5. The third-order valence-corrected chi connectivity index (χ3v) is 6.39. The zero-order valence-electron chi connectivity index (χ0n) is 16.6. The predicted octanol–water partition coefficient (Wildman–Crippen LogP) is 4.83. The van der Waals surface area contributed by atoms with Crippen molar-refractivity contribution in [2.45, 2.75) is 51.2 Å². The Balaban J connectivity index is 1.52. The average Bonchev–Trinajstić information content (AvgIpc) is 3.55. The number of piperidine rings is 1. The zero-order chi connectivity index (χ0) is 19.6. The monoisotopic (exact) mass is 400 g/mol. The fourth-order valence-electron chi connectivity index (χ4n) is 4.17. The molecular weight excluding hydrogens is 372 g/mol. The van der Waals surface area contributed by atoms with Crippen LogP contribution in [0.15, 0.2) is 47.4 Å². The molecule has 5 heteroatoms. The van der Waals surface area contributed by atoms with E-state index in [9.17, 15) is 4.79 Å². The van der Waals surface area contributed by atoms with Gasteiger partial charge in [0.1, 0.15) is 5.02 Å². The van der Waals surface area contributed by atoms with Crippen LogP contribution in [-0.2, 0) is 16.9 Å². The minimum atomic E-state index is -0.249. The second-order valence-electron chi connectivity index (χ2n) is 8.11. The van der Waals surface area contributed by atoms with Crippen LogP contribution in [0.25, 0.3) is 0 Å². The van der Waals surface area contributed by atoms with Gasteiger partial charge in [0, 0.05) is 32.4 Å². The van der Waals surface area contributed by atoms with Crippen molar-refractivity contribution in [2.75, 3.05) is 24.6 Å². The molecule has 0 N–H and O–H groups in total. The molecule has 1 aromatic heterocycles. The highest BCUT2D eigenvalue weighted by molar-refractivity contribution is 6.33. The van der Waals surface area contributed by atoms with Gasteiger partial charge in [0.15, 0.2) is 0 Å². The number of halogens is 1. The minimum Gasteiger partial charge on any atom is -0.370 e. The lowest BCUT2D eigenvalue weighted by Crippen LogP contribution is -2.45. The molecule has 0 spiro atoms. The average molecular weight is 401 g/mol. The topological polar surface area (TPSA) is 34.5 Å². The molecule has 150 valence electrons. The third-order valence-electron chi connectivity index (χ3n) is 6.03. The van der Waals surface area contributed by atoms with E-state index < -0.39 is 0 Å². The largest absolute Gasteiger partial charge is 0.370 e. The summed E-state index contributed by atoms with van der Waals surface area (Å²) in [6, 6.07) is 12.5. The molecule has 0 atom stereocenters. The van der Waals surface area contributed by atoms with E-state index in [2.05, 4.69) is 36.1 Å². The second kappa shape index (κ2) is 8.30. The van der Waals surface area contributed by atoms with Crippen molar-refractivity contribution in [2.24, 2.45) is 5.92 Å². The Morgan fingerprint density at radius 3 is 2.50 bits per heavy atom. The Morgan fingerprint density at radius 2 is 1.86 bits per heavy atom. The van der Waals surface area contributed by atoms with Crippen LogP contribution in [0.3, 0.4) is 0 Å². The summed E-state index contributed by atoms with van der Waals surface area (Å²) in [6.45, 7) is 5.34. The van der Waals surface area contributed by atoms with Crippen molar-refractivity contribution >= 4 is 17.3 Å². The molecular formula is C23H29ClN2O2. The van der Waals surface area contributed by atoms with E-state index >= 15 is 0 Å². The highest BCUT2D eigenvalue weighted by Gasteiger charge is 2.37. The number of hydrogen-bond acceptors (Lipinski definition) is 3. The van der Waals surface area contributed by atoms with Crippen molar-refractivity contribution in [1.82, 2.24) is 4.57 Å². The molecule has 1 saturated heterocycles. The minimum absolute atomic E-state index is 0.0619. The van der Waals surface area contributed by atoms with Gasteiger partial charge in [-0.1, -0.05) is 48.9 Å². The van der Waals surface area contributed by atoms with Crippen LogP contribution in [0.5, 0.6) is 0 Å². The standard InChI is InChI=1S/C23H29ClN2O2/c1-2-16-28-23(19-6-4-3-5-7-19)11-14-25(15-12-23)20-10-13-26(17-18-8-9-18)22(27)21(20)24/h3-7,10,13,18H,2,8-9,11-12,14-17H2,1H3. The fraction of sp³-hybridized carbons (Fsp3) is 0.522. The molecule has 1 aliphatic heterocycles. The van der Waals surface area contributed by atoms with Crippen molar-refractivity contribution in [3.63, 3.8) is 0 Å². The van der Waals surface area contributed by atoms with Crippen molar-refractivity contribution < 1.29 is 4.74 Å². The molecule has 0 bridgehead atoms. The molecule has 0 amide bonds. The Hall–Kier alpha value is -1.78. The van der Waals surface area contributed by atoms with E-state index in [0.29, 0.717) is 10.9 Å². The molecule has 28 heavy (non-hydrogen) atoms. The van der Waals surface area contributed by atoms with Gasteiger partial charge in [0.05, 0.1) is 11.3 Å². The first-order valence-corrected chi connectivity index (χ1v) is 10.8. The SMILES string of the molecule is CCCOC1(c2ccccc2)CCN(c2ccn(CC3CC3)c(=O)c2Cl)CC1. The molecule has 0 unspecified atom stereocenters. The Morgan fingerprint density at radius 1 is 1.14 bits per heavy atom. The number of nitrogens with zero attached hydrogens (tertiary/aromatic N) is 2. The normalized spacial score (nSPS) is 19.0. The summed E-state index contributed by atoms with van der Waals surface area (Å²) in [6.07, 6.45) is 7.13. The van der Waals surface area contributed by atoms with Crippen LogP contribution < -0.4 is 10.5 Å². The summed E-state index contributed by atoms with van der Waals surface area (Å²) in [4.78, 5) is 14.9. The Labute approximate surface area is 172 Å². The number of rotatable bonds is 7. The van der Waals surface area contributed by atoms with Crippen molar-refractivity contribution in [3.8, 4) is 0 Å². The molecule has 2 heterocycles. The lowest BCUT2D eigenvalue weighted by molar-refractivity contribution is -0.0674. The van der Waals surface area contributed by atoms with Gasteiger partial charge < -0.3 is 14.2 Å². The summed E-state index contributed by atoms with van der Waals surface area (Å²) in [5, 5.41) is 0.352. The third kappa shape index (κ3) is 3.99. The van der Waals surface area contributed by atoms with Gasteiger partial charge in [-0.25, -0.2) is 0 Å². The molecule has 4 rings (SSSR count). The fourth-order valence-corrected chi connectivity index (χ4v) is 4.46. The number of benzene rings is 1. The number of ether oxygens (including phenoxy) is 1. The second-order valence-corrected chi connectivity index (χ2v) is 8.49. The lowest BCUT2D eigenvalue weighted by Gasteiger charge is -2.43. The molecule has 4 nitrogen and oxygen atoms in total. The molecule has 1 aliphatic carbocycles. The number of aromatic nitrogens is 1. The number of hydrogen-bond donors (Lipinski definition) is 0. The van der Waals surface area contributed by atoms with Crippen LogP contribution in [0.2, 0.25) is 5.02 Å². The first-order chi connectivity index (χ1) is 13.6. The number of pyridine rings is 1. The summed E-state index contributed by atoms with van der Waals surface area (Å²) < 4.78 is 8.16. The molecule has 2 fully saturated rings. The van der Waals surface area contributed by atoms with Gasteiger partial charge in [0.2, 0.25) is 0 Å². The van der Waals surface area contributed by atoms with Gasteiger partial charge in [-0.2, -0.15) is 0 Å². The molecule has 0 radical (unpaired) electrons. The van der Waals surface area contributed by atoms with Gasteiger partial charge in [-0.05, 0) is 49.7 Å². The van der Waals surface area contributed by atoms with E-state index in [4.69, 9.17) is 16.3 Å². The van der Waals surface area contributed by atoms with Gasteiger partial charge in [-0.15, -0.1) is 0 Å². The molecule has 2 aliphatic rings. The van der Waals surface area contributed by atoms with Crippen molar-refractivity contribution in [1.29, 1.82) is 0 Å². The maximum absolute atomic E-state index is 12.7. The molecule has 1 saturated carbocycles. The van der Waals surface area contributed by atoms with Crippen LogP contribution in [-0.4, -0.2) is 24.3 Å². The summed E-state index contributed by atoms with van der Waals surface area (Å²) in [5.41, 5.74) is 1.79. The van der Waals surface area contributed by atoms with Gasteiger partial charge in [0.25, 0.3) is 5.56 Å². The smallest absolute Gasteiger partial charge is 0.271 e. The van der Waals surface area contributed by atoms with E-state index in [1.807, 2.05) is 18.3 Å². The number of anilines is 1. The van der Waals surface area contributed by atoms with E-state index in [-0.39, 0.29) is 11.2 Å². The van der Waals surface area contributed by atoms with E-state index in [0.717, 1.165) is 51.2 Å². The highest BCUT2D eigenvalue weighted by Crippen LogP contribution is 2.39. The Bertz CT molecular complexity index is 853. The quantitative estimate of drug-likeness (QED) is 0.667. The summed E-state index contributed by atoms with van der Waals surface area (Å²) in [5.74, 6) is 0.650. The van der Waals surface area contributed by atoms with Gasteiger partial charge in [-0.3, -0.25) is 4.79 Å². The zero-order valence-corrected chi connectivity index (χ0v) is 17.3. The Kier molecular flexibility index (Phi) is 5.79. The maximum atomic E-state index is 12.7. The summed E-state index contributed by atoms with van der Waals surface area (Å²) in [7, 11) is 0. The highest BCUT2D eigenvalue weighted by atomic mass is 35.5. The van der Waals surface area contributed by atoms with Crippen LogP contribution >= 0.6 is 11.6 Å².